The third-order valence-electron chi connectivity index (χ3n) is 2.91. The van der Waals surface area contributed by atoms with E-state index in [1.54, 1.807) is 14.0 Å². The highest BCUT2D eigenvalue weighted by Gasteiger charge is 2.21. The largest absolute Gasteiger partial charge is 0.383 e. The highest BCUT2D eigenvalue weighted by atomic mass is 32.2. The van der Waals surface area contributed by atoms with Crippen molar-refractivity contribution in [1.29, 1.82) is 0 Å². The fourth-order valence-corrected chi connectivity index (χ4v) is 4.51. The van der Waals surface area contributed by atoms with Crippen LogP contribution in [-0.4, -0.2) is 53.7 Å². The zero-order valence-corrected chi connectivity index (χ0v) is 13.8. The predicted octanol–water partition coefficient (Wildman–Crippen LogP) is 0.372. The van der Waals surface area contributed by atoms with Gasteiger partial charge in [-0.3, -0.25) is 0 Å². The highest BCUT2D eigenvalue weighted by molar-refractivity contribution is 7.89. The molecule has 116 valence electrons. The molecular weight excluding hydrogens is 298 g/mol. The highest BCUT2D eigenvalue weighted by Crippen LogP contribution is 2.26. The number of sulfonamides is 1. The Bertz CT molecular complexity index is 514. The van der Waals surface area contributed by atoms with Gasteiger partial charge in [0.15, 0.2) is 0 Å². The van der Waals surface area contributed by atoms with E-state index in [0.717, 1.165) is 12.1 Å². The molecule has 0 saturated heterocycles. The molecule has 0 atom stereocenters. The standard InChI is InChI=1S/C12H23N3O3S2/c1-10-9-19-11(8-13)12(10)20(16,17)14-4-5-15(2)6-7-18-3/h9,14H,4-8,13H2,1-3H3. The first-order valence-electron chi connectivity index (χ1n) is 6.36. The third-order valence-corrected chi connectivity index (χ3v) is 5.85. The van der Waals surface area contributed by atoms with Crippen molar-refractivity contribution in [2.75, 3.05) is 40.4 Å². The zero-order valence-electron chi connectivity index (χ0n) is 12.2. The van der Waals surface area contributed by atoms with Gasteiger partial charge in [-0.25, -0.2) is 13.1 Å². The Balaban J connectivity index is 2.60. The van der Waals surface area contributed by atoms with E-state index in [0.29, 0.717) is 29.5 Å². The van der Waals surface area contributed by atoms with Crippen LogP contribution in [0.25, 0.3) is 0 Å². The first-order valence-corrected chi connectivity index (χ1v) is 8.72. The molecule has 0 fully saturated rings. The van der Waals surface area contributed by atoms with Crippen LogP contribution in [0.4, 0.5) is 0 Å². The summed E-state index contributed by atoms with van der Waals surface area (Å²) in [4.78, 5) is 3.04. The summed E-state index contributed by atoms with van der Waals surface area (Å²) in [6, 6.07) is 0. The van der Waals surface area contributed by atoms with E-state index in [-0.39, 0.29) is 6.54 Å². The van der Waals surface area contributed by atoms with Gasteiger partial charge < -0.3 is 15.4 Å². The molecule has 1 aromatic rings. The number of hydrogen-bond acceptors (Lipinski definition) is 6. The van der Waals surface area contributed by atoms with Gasteiger partial charge >= 0.3 is 0 Å². The predicted molar refractivity (Wildman–Crippen MR) is 81.5 cm³/mol. The minimum absolute atomic E-state index is 0.239. The zero-order chi connectivity index (χ0) is 15.2. The second-order valence-corrected chi connectivity index (χ2v) is 7.24. The SMILES string of the molecule is COCCN(C)CCNS(=O)(=O)c1c(C)csc1CN. The van der Waals surface area contributed by atoms with Gasteiger partial charge in [0, 0.05) is 38.2 Å². The van der Waals surface area contributed by atoms with E-state index in [4.69, 9.17) is 10.5 Å². The summed E-state index contributed by atoms with van der Waals surface area (Å²) in [6.45, 7) is 4.41. The van der Waals surface area contributed by atoms with Gasteiger partial charge in [-0.15, -0.1) is 11.3 Å². The van der Waals surface area contributed by atoms with Crippen LogP contribution in [0.15, 0.2) is 10.3 Å². The van der Waals surface area contributed by atoms with Crippen molar-refractivity contribution in [3.8, 4) is 0 Å². The van der Waals surface area contributed by atoms with E-state index in [1.807, 2.05) is 17.3 Å². The van der Waals surface area contributed by atoms with Crippen molar-refractivity contribution in [1.82, 2.24) is 9.62 Å². The van der Waals surface area contributed by atoms with Crippen LogP contribution < -0.4 is 10.5 Å². The van der Waals surface area contributed by atoms with Crippen molar-refractivity contribution < 1.29 is 13.2 Å². The number of ether oxygens (including phenoxy) is 1. The van der Waals surface area contributed by atoms with Crippen LogP contribution in [0, 0.1) is 6.92 Å². The number of thiophene rings is 1. The molecule has 0 aliphatic rings. The fourth-order valence-electron chi connectivity index (χ4n) is 1.79. The number of rotatable bonds is 9. The van der Waals surface area contributed by atoms with Crippen LogP contribution in [0.1, 0.15) is 10.4 Å². The Hall–Kier alpha value is -0.510. The molecule has 0 aliphatic carbocycles. The summed E-state index contributed by atoms with van der Waals surface area (Å²) in [5.41, 5.74) is 6.33. The van der Waals surface area contributed by atoms with Gasteiger partial charge in [0.1, 0.15) is 4.90 Å². The van der Waals surface area contributed by atoms with Crippen LogP contribution in [0.2, 0.25) is 0 Å². The Morgan fingerprint density at radius 1 is 1.45 bits per heavy atom. The molecule has 6 nitrogen and oxygen atoms in total. The lowest BCUT2D eigenvalue weighted by atomic mass is 10.3. The Labute approximate surface area is 125 Å². The molecule has 0 unspecified atom stereocenters. The summed E-state index contributed by atoms with van der Waals surface area (Å²) < 4.78 is 32.2. The summed E-state index contributed by atoms with van der Waals surface area (Å²) in [5, 5.41) is 1.82. The van der Waals surface area contributed by atoms with E-state index in [9.17, 15) is 8.42 Å². The molecule has 0 aromatic carbocycles. The fraction of sp³-hybridized carbons (Fsp3) is 0.667. The van der Waals surface area contributed by atoms with Gasteiger partial charge in [-0.2, -0.15) is 0 Å². The van der Waals surface area contributed by atoms with E-state index in [1.165, 1.54) is 11.3 Å². The Morgan fingerprint density at radius 3 is 2.75 bits per heavy atom. The summed E-state index contributed by atoms with van der Waals surface area (Å²) in [6.07, 6.45) is 0. The second-order valence-electron chi connectivity index (χ2n) is 4.57. The van der Waals surface area contributed by atoms with E-state index < -0.39 is 10.0 Å². The van der Waals surface area contributed by atoms with Gasteiger partial charge in [-0.05, 0) is 24.9 Å². The smallest absolute Gasteiger partial charge is 0.242 e. The van der Waals surface area contributed by atoms with E-state index in [2.05, 4.69) is 4.72 Å². The van der Waals surface area contributed by atoms with Crippen LogP contribution in [-0.2, 0) is 21.3 Å². The van der Waals surface area contributed by atoms with Gasteiger partial charge in [0.05, 0.1) is 6.61 Å². The number of nitrogens with zero attached hydrogens (tertiary/aromatic N) is 1. The number of aryl methyl sites for hydroxylation is 1. The van der Waals surface area contributed by atoms with Crippen molar-refractivity contribution in [3.63, 3.8) is 0 Å². The number of hydrogen-bond donors (Lipinski definition) is 2. The van der Waals surface area contributed by atoms with Crippen LogP contribution in [0.5, 0.6) is 0 Å². The molecule has 1 heterocycles. The maximum absolute atomic E-state index is 12.3. The topological polar surface area (TPSA) is 84.7 Å². The summed E-state index contributed by atoms with van der Waals surface area (Å²) in [5.74, 6) is 0. The number of methoxy groups -OCH3 is 1. The first-order chi connectivity index (χ1) is 9.42. The monoisotopic (exact) mass is 321 g/mol. The summed E-state index contributed by atoms with van der Waals surface area (Å²) in [7, 11) is 0.0841. The average molecular weight is 321 g/mol. The number of nitrogens with two attached hydrogens (primary N) is 1. The number of nitrogens with one attached hydrogen (secondary N) is 1. The summed E-state index contributed by atoms with van der Waals surface area (Å²) >= 11 is 1.38. The minimum atomic E-state index is -3.48. The van der Waals surface area contributed by atoms with Crippen molar-refractivity contribution >= 4 is 21.4 Å². The Kier molecular flexibility index (Phi) is 7.07. The Morgan fingerprint density at radius 2 is 2.15 bits per heavy atom. The molecule has 0 bridgehead atoms. The lowest BCUT2D eigenvalue weighted by molar-refractivity contribution is 0.162. The quantitative estimate of drug-likeness (QED) is 0.686. The maximum Gasteiger partial charge on any atom is 0.242 e. The molecule has 1 aromatic heterocycles. The average Bonchev–Trinajstić information content (AvgIpc) is 2.78. The molecule has 0 radical (unpaired) electrons. The molecule has 1 rings (SSSR count). The lowest BCUT2D eigenvalue weighted by Crippen LogP contribution is -2.34. The van der Waals surface area contributed by atoms with Gasteiger partial charge in [0.25, 0.3) is 0 Å². The molecular formula is C12H23N3O3S2. The lowest BCUT2D eigenvalue weighted by Gasteiger charge is -2.16. The minimum Gasteiger partial charge on any atom is -0.383 e. The first kappa shape index (κ1) is 17.5. The maximum atomic E-state index is 12.3. The normalized spacial score (nSPS) is 12.2. The van der Waals surface area contributed by atoms with Gasteiger partial charge in [-0.1, -0.05) is 0 Å². The molecule has 8 heteroatoms. The molecule has 0 aliphatic heterocycles. The number of likely N-dealkylation sites (N-methyl/N-ethyl adjacent to an activating group) is 1. The van der Waals surface area contributed by atoms with Crippen LogP contribution >= 0.6 is 11.3 Å². The molecule has 0 saturated carbocycles. The van der Waals surface area contributed by atoms with Crippen molar-refractivity contribution in [2.45, 2.75) is 18.4 Å². The van der Waals surface area contributed by atoms with Crippen molar-refractivity contribution in [2.24, 2.45) is 5.73 Å². The van der Waals surface area contributed by atoms with E-state index >= 15 is 0 Å². The van der Waals surface area contributed by atoms with Gasteiger partial charge in [0.2, 0.25) is 10.0 Å². The van der Waals surface area contributed by atoms with Crippen LogP contribution in [0.3, 0.4) is 0 Å². The molecule has 0 amide bonds. The third kappa shape index (κ3) is 4.80. The second kappa shape index (κ2) is 8.06. The molecule has 3 N–H and O–H groups in total. The van der Waals surface area contributed by atoms with Crippen molar-refractivity contribution in [3.05, 3.63) is 15.8 Å². The molecule has 20 heavy (non-hydrogen) atoms. The molecule has 0 spiro atoms.